The molecule has 1 atom stereocenters. The number of nitrogens with two attached hydrogens (primary N) is 1. The van der Waals surface area contributed by atoms with Crippen LogP contribution in [0.5, 0.6) is 0 Å². The second kappa shape index (κ2) is 4.68. The first kappa shape index (κ1) is 11.8. The number of halogens is 1. The van der Waals surface area contributed by atoms with Crippen LogP contribution in [0.25, 0.3) is 11.1 Å². The molecule has 0 aromatic heterocycles. The molecule has 1 nitrogen and oxygen atoms in total. The molecule has 2 rings (SSSR count). The molecule has 2 aromatic carbocycles. The van der Waals surface area contributed by atoms with Crippen molar-refractivity contribution in [3.05, 3.63) is 59.4 Å². The molecule has 2 aromatic rings. The minimum Gasteiger partial charge on any atom is -0.324 e. The number of aryl methyl sites for hydroxylation is 1. The highest BCUT2D eigenvalue weighted by atomic mass is 19.1. The van der Waals surface area contributed by atoms with Gasteiger partial charge >= 0.3 is 0 Å². The van der Waals surface area contributed by atoms with E-state index in [1.54, 1.807) is 6.07 Å². The molecule has 88 valence electrons. The van der Waals surface area contributed by atoms with Crippen LogP contribution >= 0.6 is 0 Å². The summed E-state index contributed by atoms with van der Waals surface area (Å²) in [7, 11) is 0. The van der Waals surface area contributed by atoms with Gasteiger partial charge in [0.1, 0.15) is 5.82 Å². The molecule has 2 heteroatoms. The Balaban J connectivity index is 2.50. The van der Waals surface area contributed by atoms with Crippen molar-refractivity contribution in [1.82, 2.24) is 0 Å². The lowest BCUT2D eigenvalue weighted by Gasteiger charge is -2.12. The van der Waals surface area contributed by atoms with Gasteiger partial charge in [0.25, 0.3) is 0 Å². The van der Waals surface area contributed by atoms with Crippen molar-refractivity contribution in [3.8, 4) is 11.1 Å². The average Bonchev–Trinajstić information content (AvgIpc) is 2.29. The van der Waals surface area contributed by atoms with Crippen molar-refractivity contribution in [2.45, 2.75) is 19.9 Å². The van der Waals surface area contributed by atoms with Gasteiger partial charge < -0.3 is 5.73 Å². The fourth-order valence-corrected chi connectivity index (χ4v) is 1.98. The highest BCUT2D eigenvalue weighted by molar-refractivity contribution is 5.65. The molecule has 0 saturated heterocycles. The van der Waals surface area contributed by atoms with Crippen molar-refractivity contribution in [3.63, 3.8) is 0 Å². The summed E-state index contributed by atoms with van der Waals surface area (Å²) in [6.45, 7) is 3.99. The van der Waals surface area contributed by atoms with Crippen molar-refractivity contribution >= 4 is 0 Å². The van der Waals surface area contributed by atoms with Crippen molar-refractivity contribution < 1.29 is 4.39 Å². The van der Waals surface area contributed by atoms with Crippen LogP contribution < -0.4 is 5.73 Å². The van der Waals surface area contributed by atoms with Crippen LogP contribution in [0.3, 0.4) is 0 Å². The van der Waals surface area contributed by atoms with Gasteiger partial charge in [-0.15, -0.1) is 0 Å². The van der Waals surface area contributed by atoms with E-state index in [1.807, 2.05) is 38.1 Å². The van der Waals surface area contributed by atoms with Crippen LogP contribution in [0.4, 0.5) is 4.39 Å². The molecule has 0 aliphatic carbocycles. The normalized spacial score (nSPS) is 12.5. The van der Waals surface area contributed by atoms with Crippen LogP contribution in [0, 0.1) is 12.7 Å². The van der Waals surface area contributed by atoms with Gasteiger partial charge in [0.15, 0.2) is 0 Å². The molecule has 0 saturated carbocycles. The van der Waals surface area contributed by atoms with Gasteiger partial charge in [-0.1, -0.05) is 24.3 Å². The van der Waals surface area contributed by atoms with E-state index in [-0.39, 0.29) is 11.9 Å². The summed E-state index contributed by atoms with van der Waals surface area (Å²) in [6, 6.07) is 12.7. The lowest BCUT2D eigenvalue weighted by molar-refractivity contribution is 0.628. The maximum absolute atomic E-state index is 13.2. The Bertz CT molecular complexity index is 532. The van der Waals surface area contributed by atoms with Crippen molar-refractivity contribution in [2.75, 3.05) is 0 Å². The molecule has 0 heterocycles. The quantitative estimate of drug-likeness (QED) is 0.832. The summed E-state index contributed by atoms with van der Waals surface area (Å²) in [5.74, 6) is -0.217. The molecule has 0 amide bonds. The lowest BCUT2D eigenvalue weighted by Crippen LogP contribution is -2.06. The smallest absolute Gasteiger partial charge is 0.123 e. The predicted octanol–water partition coefficient (Wildman–Crippen LogP) is 3.82. The summed E-state index contributed by atoms with van der Waals surface area (Å²) in [6.07, 6.45) is 0. The van der Waals surface area contributed by atoms with E-state index in [4.69, 9.17) is 5.73 Å². The molecule has 1 unspecified atom stereocenters. The zero-order valence-electron chi connectivity index (χ0n) is 10.1. The first-order valence-electron chi connectivity index (χ1n) is 5.70. The molecule has 0 spiro atoms. The molecule has 2 N–H and O–H groups in total. The van der Waals surface area contributed by atoms with E-state index < -0.39 is 0 Å². The number of benzene rings is 2. The van der Waals surface area contributed by atoms with Crippen LogP contribution in [-0.2, 0) is 0 Å². The monoisotopic (exact) mass is 229 g/mol. The summed E-state index contributed by atoms with van der Waals surface area (Å²) >= 11 is 0. The fraction of sp³-hybridized carbons (Fsp3) is 0.200. The van der Waals surface area contributed by atoms with Crippen LogP contribution in [0.15, 0.2) is 42.5 Å². The third kappa shape index (κ3) is 2.53. The highest BCUT2D eigenvalue weighted by Crippen LogP contribution is 2.25. The SMILES string of the molecule is Cc1ccc(-c2cccc(F)c2)cc1C(C)N. The van der Waals surface area contributed by atoms with Crippen LogP contribution in [0.1, 0.15) is 24.1 Å². The fourth-order valence-electron chi connectivity index (χ4n) is 1.98. The van der Waals surface area contributed by atoms with Gasteiger partial charge in [-0.05, 0) is 54.3 Å². The maximum Gasteiger partial charge on any atom is 0.123 e. The Kier molecular flexibility index (Phi) is 3.25. The van der Waals surface area contributed by atoms with E-state index in [2.05, 4.69) is 0 Å². The summed E-state index contributed by atoms with van der Waals surface area (Å²) < 4.78 is 13.2. The predicted molar refractivity (Wildman–Crippen MR) is 69.2 cm³/mol. The Morgan fingerprint density at radius 1 is 1.06 bits per heavy atom. The van der Waals surface area contributed by atoms with E-state index in [0.29, 0.717) is 0 Å². The Morgan fingerprint density at radius 2 is 1.76 bits per heavy atom. The molecule has 0 bridgehead atoms. The maximum atomic E-state index is 13.2. The third-order valence-electron chi connectivity index (χ3n) is 2.93. The minimum atomic E-state index is -0.217. The number of hydrogen-bond acceptors (Lipinski definition) is 1. The zero-order chi connectivity index (χ0) is 12.4. The van der Waals surface area contributed by atoms with Crippen molar-refractivity contribution in [2.24, 2.45) is 5.73 Å². The molecule has 0 aliphatic rings. The molecule has 0 aliphatic heterocycles. The standard InChI is InChI=1S/C15H16FN/c1-10-6-7-13(9-15(10)11(2)17)12-4-3-5-14(16)8-12/h3-9,11H,17H2,1-2H3. The first-order chi connectivity index (χ1) is 8.08. The van der Waals surface area contributed by atoms with Gasteiger partial charge in [0.2, 0.25) is 0 Å². The number of rotatable bonds is 2. The Labute approximate surface area is 101 Å². The van der Waals surface area contributed by atoms with Crippen LogP contribution in [-0.4, -0.2) is 0 Å². The van der Waals surface area contributed by atoms with Crippen molar-refractivity contribution in [1.29, 1.82) is 0 Å². The zero-order valence-corrected chi connectivity index (χ0v) is 10.1. The summed E-state index contributed by atoms with van der Waals surface area (Å²) in [4.78, 5) is 0. The van der Waals surface area contributed by atoms with Gasteiger partial charge in [-0.2, -0.15) is 0 Å². The second-order valence-corrected chi connectivity index (χ2v) is 4.37. The average molecular weight is 229 g/mol. The lowest BCUT2D eigenvalue weighted by atomic mass is 9.96. The Hall–Kier alpha value is -1.67. The van der Waals surface area contributed by atoms with E-state index in [9.17, 15) is 4.39 Å². The molecular formula is C15H16FN. The largest absolute Gasteiger partial charge is 0.324 e. The molecule has 17 heavy (non-hydrogen) atoms. The number of hydrogen-bond donors (Lipinski definition) is 1. The van der Waals surface area contributed by atoms with Gasteiger partial charge in [-0.25, -0.2) is 4.39 Å². The van der Waals surface area contributed by atoms with Gasteiger partial charge in [-0.3, -0.25) is 0 Å². The third-order valence-corrected chi connectivity index (χ3v) is 2.93. The van der Waals surface area contributed by atoms with Crippen LogP contribution in [0.2, 0.25) is 0 Å². The summed E-state index contributed by atoms with van der Waals surface area (Å²) in [5.41, 5.74) is 10.1. The first-order valence-corrected chi connectivity index (χ1v) is 5.70. The van der Waals surface area contributed by atoms with Gasteiger partial charge in [0, 0.05) is 6.04 Å². The molecular weight excluding hydrogens is 213 g/mol. The topological polar surface area (TPSA) is 26.0 Å². The minimum absolute atomic E-state index is 0.0106. The highest BCUT2D eigenvalue weighted by Gasteiger charge is 2.06. The Morgan fingerprint density at radius 3 is 2.41 bits per heavy atom. The molecule has 0 fully saturated rings. The molecule has 0 radical (unpaired) electrons. The van der Waals surface area contributed by atoms with E-state index in [1.165, 1.54) is 17.7 Å². The van der Waals surface area contributed by atoms with Gasteiger partial charge in [0.05, 0.1) is 0 Å². The van der Waals surface area contributed by atoms with E-state index in [0.717, 1.165) is 16.7 Å². The second-order valence-electron chi connectivity index (χ2n) is 4.37. The summed E-state index contributed by atoms with van der Waals surface area (Å²) in [5, 5.41) is 0. The van der Waals surface area contributed by atoms with E-state index >= 15 is 0 Å².